The highest BCUT2D eigenvalue weighted by Gasteiger charge is 2.56. The van der Waals surface area contributed by atoms with E-state index in [0.29, 0.717) is 39.0 Å². The minimum absolute atomic E-state index is 0.0428. The van der Waals surface area contributed by atoms with Gasteiger partial charge in [-0.05, 0) is 35.2 Å². The Morgan fingerprint density at radius 3 is 2.38 bits per heavy atom. The number of carbonyl (C=O) groups excluding carboxylic acids is 1. The fraction of sp³-hybridized carbons (Fsp3) is 0.433. The maximum atomic E-state index is 13.3. The van der Waals surface area contributed by atoms with Gasteiger partial charge in [-0.3, -0.25) is 0 Å². The van der Waals surface area contributed by atoms with E-state index in [1.165, 1.54) is 19.2 Å². The second kappa shape index (κ2) is 10.9. The lowest BCUT2D eigenvalue weighted by molar-refractivity contribution is -0.242. The van der Waals surface area contributed by atoms with E-state index < -0.39 is 68.4 Å². The van der Waals surface area contributed by atoms with Crippen LogP contribution in [0.3, 0.4) is 0 Å². The zero-order valence-corrected chi connectivity index (χ0v) is 23.8. The lowest BCUT2D eigenvalue weighted by Crippen LogP contribution is -2.54. The van der Waals surface area contributed by atoms with Gasteiger partial charge in [0.15, 0.2) is 35.4 Å². The number of phenols is 1. The van der Waals surface area contributed by atoms with Crippen LogP contribution in [0.15, 0.2) is 30.3 Å². The lowest BCUT2D eigenvalue weighted by Gasteiger charge is -2.32. The number of fused-ring (bicyclic) bond motifs is 3. The van der Waals surface area contributed by atoms with Crippen molar-refractivity contribution < 1.29 is 73.3 Å². The monoisotopic (exact) mass is 630 g/mol. The third-order valence-electron chi connectivity index (χ3n) is 8.51. The normalized spacial score (nSPS) is 30.1. The quantitative estimate of drug-likeness (QED) is 0.180. The maximum absolute atomic E-state index is 13.3. The summed E-state index contributed by atoms with van der Waals surface area (Å²) in [7, 11) is 1.38. The molecule has 2 saturated heterocycles. The average molecular weight is 631 g/mol. The molecule has 4 aliphatic rings. The molecule has 2 fully saturated rings. The molecule has 3 aromatic rings. The summed E-state index contributed by atoms with van der Waals surface area (Å²) in [6, 6.07) is 8.10. The summed E-state index contributed by atoms with van der Waals surface area (Å²) in [6.07, 6.45) is -6.23. The highest BCUT2D eigenvalue weighted by Crippen LogP contribution is 2.50. The van der Waals surface area contributed by atoms with E-state index in [4.69, 9.17) is 37.9 Å². The van der Waals surface area contributed by atoms with E-state index in [1.807, 2.05) is 0 Å². The third kappa shape index (κ3) is 4.62. The Bertz CT molecular complexity index is 1680. The average Bonchev–Trinajstić information content (AvgIpc) is 3.81. The number of hydrogen-bond donors (Lipinski definition) is 6. The van der Waals surface area contributed by atoms with Crippen molar-refractivity contribution in [1.82, 2.24) is 0 Å². The van der Waals surface area contributed by atoms with Gasteiger partial charge < -0.3 is 68.5 Å². The number of carbonyl (C=O) groups is 1. The molecule has 4 aliphatic heterocycles. The summed E-state index contributed by atoms with van der Waals surface area (Å²) in [5, 5.41) is 63.3. The number of esters is 1. The van der Waals surface area contributed by atoms with Crippen LogP contribution in [0.2, 0.25) is 0 Å². The molecule has 0 bridgehead atoms. The Morgan fingerprint density at radius 1 is 0.911 bits per heavy atom. The third-order valence-corrected chi connectivity index (χ3v) is 8.51. The van der Waals surface area contributed by atoms with Crippen molar-refractivity contribution >= 4 is 16.7 Å². The molecule has 6 atom stereocenters. The van der Waals surface area contributed by atoms with Gasteiger partial charge in [0.2, 0.25) is 13.1 Å². The fourth-order valence-corrected chi connectivity index (χ4v) is 5.99. The van der Waals surface area contributed by atoms with Gasteiger partial charge in [-0.1, -0.05) is 6.07 Å². The molecule has 0 saturated carbocycles. The molecule has 0 aromatic heterocycles. The highest BCUT2D eigenvalue weighted by atomic mass is 16.8. The molecule has 0 unspecified atom stereocenters. The Labute approximate surface area is 254 Å². The molecular weight excluding hydrogens is 600 g/mol. The number of cyclic esters (lactones) is 1. The van der Waals surface area contributed by atoms with Gasteiger partial charge in [0, 0.05) is 16.5 Å². The molecule has 45 heavy (non-hydrogen) atoms. The van der Waals surface area contributed by atoms with Crippen LogP contribution in [-0.4, -0.2) is 113 Å². The summed E-state index contributed by atoms with van der Waals surface area (Å²) in [6.45, 7) is -2.76. The first-order valence-electron chi connectivity index (χ1n) is 14.0. The van der Waals surface area contributed by atoms with Crippen molar-refractivity contribution in [3.63, 3.8) is 0 Å². The molecule has 0 aliphatic carbocycles. The van der Waals surface area contributed by atoms with Gasteiger partial charge in [-0.15, -0.1) is 0 Å². The van der Waals surface area contributed by atoms with Crippen molar-refractivity contribution in [2.24, 2.45) is 0 Å². The van der Waals surface area contributed by atoms with Crippen molar-refractivity contribution in [2.45, 2.75) is 42.6 Å². The van der Waals surface area contributed by atoms with Crippen LogP contribution in [0.1, 0.15) is 15.9 Å². The number of rotatable bonds is 8. The number of methoxy groups -OCH3 is 1. The minimum Gasteiger partial charge on any atom is -0.504 e. The summed E-state index contributed by atoms with van der Waals surface area (Å²) >= 11 is 0. The molecule has 15 nitrogen and oxygen atoms in total. The van der Waals surface area contributed by atoms with E-state index in [-0.39, 0.29) is 36.2 Å². The Balaban J connectivity index is 1.35. The van der Waals surface area contributed by atoms with Gasteiger partial charge in [-0.25, -0.2) is 4.79 Å². The Hall–Kier alpha value is -3.93. The number of aliphatic hydroxyl groups excluding tert-OH is 3. The second-order valence-electron chi connectivity index (χ2n) is 11.3. The second-order valence-corrected chi connectivity index (χ2v) is 11.3. The first kappa shape index (κ1) is 29.8. The van der Waals surface area contributed by atoms with Crippen LogP contribution in [0.5, 0.6) is 28.7 Å². The zero-order chi connectivity index (χ0) is 31.7. The van der Waals surface area contributed by atoms with Crippen LogP contribution >= 0.6 is 0 Å². The van der Waals surface area contributed by atoms with Crippen LogP contribution < -0.4 is 18.9 Å². The smallest absolute Gasteiger partial charge is 0.339 e. The van der Waals surface area contributed by atoms with Crippen molar-refractivity contribution in [2.75, 3.05) is 40.3 Å². The van der Waals surface area contributed by atoms with Crippen molar-refractivity contribution in [3.05, 3.63) is 41.5 Å². The van der Waals surface area contributed by atoms with Gasteiger partial charge >= 0.3 is 5.97 Å². The summed E-state index contributed by atoms with van der Waals surface area (Å²) in [5.74, 6) is 0.280. The molecule has 4 heterocycles. The number of aromatic hydroxyl groups is 1. The van der Waals surface area contributed by atoms with Gasteiger partial charge in [0.25, 0.3) is 0 Å². The molecule has 15 heteroatoms. The van der Waals surface area contributed by atoms with Crippen LogP contribution in [0.25, 0.3) is 21.9 Å². The molecule has 0 radical (unpaired) electrons. The van der Waals surface area contributed by atoms with Crippen molar-refractivity contribution in [1.29, 1.82) is 0 Å². The fourth-order valence-electron chi connectivity index (χ4n) is 5.99. The summed E-state index contributed by atoms with van der Waals surface area (Å²) < 4.78 is 45.0. The largest absolute Gasteiger partial charge is 0.504 e. The maximum Gasteiger partial charge on any atom is 0.339 e. The topological polar surface area (TPSA) is 212 Å². The SMILES string of the molecule is COc1cc2c(-c3ccc4c(c3)OCO4)c3c(c(O[C@@H]4OC[C@](O)(CO)[C@H]4O[C@@H]4OC[C@](O)(CO)[C@H]4O)c2cc1O)COC3=O. The number of ether oxygens (including phenoxy) is 8. The number of hydrogen-bond acceptors (Lipinski definition) is 15. The van der Waals surface area contributed by atoms with E-state index in [2.05, 4.69) is 0 Å². The van der Waals surface area contributed by atoms with E-state index in [9.17, 15) is 35.4 Å². The predicted molar refractivity (Wildman–Crippen MR) is 148 cm³/mol. The van der Waals surface area contributed by atoms with Crippen LogP contribution in [0, 0.1) is 0 Å². The molecule has 0 amide bonds. The molecule has 7 rings (SSSR count). The van der Waals surface area contributed by atoms with Gasteiger partial charge in [-0.2, -0.15) is 0 Å². The first-order valence-corrected chi connectivity index (χ1v) is 14.0. The minimum atomic E-state index is -2.04. The molecule has 0 spiro atoms. The predicted octanol–water partition coefficient (Wildman–Crippen LogP) is -0.0956. The highest BCUT2D eigenvalue weighted by molar-refractivity contribution is 6.14. The lowest BCUT2D eigenvalue weighted by atomic mass is 9.89. The van der Waals surface area contributed by atoms with E-state index >= 15 is 0 Å². The standard InChI is InChI=1S/C30H30O15/c1-38-19-6-14-15(5-17(19)33)23(16-7-39-26(35)22(16)21(14)13-2-3-18-20(4-13)43-12-42-18)44-28-25(30(37,9-32)11-41-28)45-27-24(34)29(36,8-31)10-40-27/h2-6,24-25,27-28,31-34,36-37H,7-12H2,1H3/t24-,25-,27-,28-,29+,30+/m0/s1. The van der Waals surface area contributed by atoms with Gasteiger partial charge in [0.1, 0.15) is 29.7 Å². The number of aliphatic hydroxyl groups is 5. The van der Waals surface area contributed by atoms with E-state index in [0.717, 1.165) is 0 Å². The van der Waals surface area contributed by atoms with Crippen LogP contribution in [-0.2, 0) is 25.6 Å². The summed E-state index contributed by atoms with van der Waals surface area (Å²) in [4.78, 5) is 13.3. The summed E-state index contributed by atoms with van der Waals surface area (Å²) in [5.41, 5.74) is -2.57. The van der Waals surface area contributed by atoms with Crippen molar-refractivity contribution in [3.8, 4) is 39.9 Å². The number of phenolic OH excluding ortho intramolecular Hbond substituents is 1. The molecule has 6 N–H and O–H groups in total. The molecule has 3 aromatic carbocycles. The number of benzene rings is 3. The first-order chi connectivity index (χ1) is 21.6. The molecular formula is C30H30O15. The zero-order valence-electron chi connectivity index (χ0n) is 23.8. The Morgan fingerprint density at radius 2 is 1.64 bits per heavy atom. The van der Waals surface area contributed by atoms with Gasteiger partial charge in [0.05, 0.1) is 39.1 Å². The molecule has 240 valence electrons. The Kier molecular flexibility index (Phi) is 7.18. The van der Waals surface area contributed by atoms with Crippen LogP contribution in [0.4, 0.5) is 0 Å². The van der Waals surface area contributed by atoms with E-state index in [1.54, 1.807) is 18.2 Å².